The number of Topliss-reactive ketones (excluding diaryl/α,β-unsaturated/α-hetero) is 1. The molecule has 0 aliphatic carbocycles. The van der Waals surface area contributed by atoms with E-state index in [-0.39, 0.29) is 49.7 Å². The Bertz CT molecular complexity index is 1970. The van der Waals surface area contributed by atoms with Gasteiger partial charge in [0.05, 0.1) is 60.5 Å². The third-order valence-electron chi connectivity index (χ3n) is 8.33. The van der Waals surface area contributed by atoms with Crippen molar-refractivity contribution in [3.05, 3.63) is 82.2 Å². The number of aliphatic hydroxyl groups is 2. The highest BCUT2D eigenvalue weighted by Gasteiger charge is 2.30. The zero-order valence-corrected chi connectivity index (χ0v) is 27.1. The van der Waals surface area contributed by atoms with Gasteiger partial charge in [-0.15, -0.1) is 10.2 Å². The van der Waals surface area contributed by atoms with E-state index < -0.39 is 5.97 Å². The molecule has 2 aliphatic rings. The van der Waals surface area contributed by atoms with E-state index in [2.05, 4.69) is 53.3 Å². The summed E-state index contributed by atoms with van der Waals surface area (Å²) >= 11 is 0. The Morgan fingerprint density at radius 2 is 1.47 bits per heavy atom. The molecule has 244 valence electrons. The number of nitrogens with zero attached hydrogens (tertiary/aromatic N) is 8. The Labute approximate surface area is 271 Å². The lowest BCUT2D eigenvalue weighted by molar-refractivity contribution is -0.119. The predicted octanol–water partition coefficient (Wildman–Crippen LogP) is 3.97. The monoisotopic (exact) mass is 638 g/mol. The Morgan fingerprint density at radius 1 is 0.872 bits per heavy atom. The largest absolute Gasteiger partial charge is 0.461 e. The molecular formula is C34H38N8O5. The first kappa shape index (κ1) is 32.0. The van der Waals surface area contributed by atoms with Gasteiger partial charge in [-0.1, -0.05) is 56.3 Å². The quantitative estimate of drug-likeness (QED) is 0.255. The lowest BCUT2D eigenvalue weighted by Gasteiger charge is -2.12. The molecule has 2 aliphatic heterocycles. The molecule has 7 rings (SSSR count). The number of hydrogen-bond acceptors (Lipinski definition) is 10. The second kappa shape index (κ2) is 13.0. The molecule has 0 unspecified atom stereocenters. The van der Waals surface area contributed by atoms with Crippen LogP contribution < -0.4 is 0 Å². The van der Waals surface area contributed by atoms with Crippen LogP contribution in [0.2, 0.25) is 0 Å². The Morgan fingerprint density at radius 3 is 2.09 bits per heavy atom. The molecule has 0 amide bonds. The first-order chi connectivity index (χ1) is 22.6. The van der Waals surface area contributed by atoms with Crippen molar-refractivity contribution in [2.75, 3.05) is 6.61 Å². The van der Waals surface area contributed by atoms with Gasteiger partial charge in [0.2, 0.25) is 0 Å². The van der Waals surface area contributed by atoms with E-state index in [1.165, 1.54) is 0 Å². The molecule has 47 heavy (non-hydrogen) atoms. The highest BCUT2D eigenvalue weighted by Crippen LogP contribution is 2.37. The highest BCUT2D eigenvalue weighted by molar-refractivity contribution is 5.89. The van der Waals surface area contributed by atoms with Gasteiger partial charge in [0, 0.05) is 17.5 Å². The van der Waals surface area contributed by atoms with Crippen molar-refractivity contribution in [3.8, 4) is 28.2 Å². The van der Waals surface area contributed by atoms with Crippen molar-refractivity contribution >= 4 is 11.8 Å². The summed E-state index contributed by atoms with van der Waals surface area (Å²) in [5.41, 5.74) is 9.92. The molecule has 0 atom stereocenters. The van der Waals surface area contributed by atoms with E-state index >= 15 is 0 Å². The van der Waals surface area contributed by atoms with Gasteiger partial charge in [-0.3, -0.25) is 9.36 Å². The molecule has 2 N–H and O–H groups in total. The zero-order chi connectivity index (χ0) is 33.4. The van der Waals surface area contributed by atoms with Crippen molar-refractivity contribution in [2.45, 2.75) is 79.2 Å². The number of hydrogen-bond donors (Lipinski definition) is 2. The molecule has 13 heteroatoms. The zero-order valence-electron chi connectivity index (χ0n) is 27.1. The van der Waals surface area contributed by atoms with Crippen LogP contribution in [-0.2, 0) is 42.3 Å². The second-order valence-corrected chi connectivity index (χ2v) is 12.3. The average molecular weight is 639 g/mol. The van der Waals surface area contributed by atoms with Crippen LogP contribution in [-0.4, -0.2) is 68.1 Å². The number of rotatable bonds is 6. The van der Waals surface area contributed by atoms with E-state index in [4.69, 9.17) is 4.74 Å². The minimum absolute atomic E-state index is 0.0141. The van der Waals surface area contributed by atoms with E-state index in [1.807, 2.05) is 41.0 Å². The first-order valence-corrected chi connectivity index (χ1v) is 15.7. The third kappa shape index (κ3) is 5.87. The van der Waals surface area contributed by atoms with Crippen LogP contribution in [0.25, 0.3) is 28.2 Å². The van der Waals surface area contributed by atoms with E-state index in [1.54, 1.807) is 22.6 Å². The van der Waals surface area contributed by atoms with Crippen LogP contribution in [0.5, 0.6) is 0 Å². The number of aromatic nitrogens is 8. The highest BCUT2D eigenvalue weighted by atomic mass is 16.5. The lowest BCUT2D eigenvalue weighted by Crippen LogP contribution is -2.12. The van der Waals surface area contributed by atoms with Crippen molar-refractivity contribution in [1.29, 1.82) is 0 Å². The average Bonchev–Trinajstić information content (AvgIpc) is 3.75. The van der Waals surface area contributed by atoms with Gasteiger partial charge in [0.25, 0.3) is 0 Å². The fraction of sp³-hybridized carbons (Fsp3) is 0.382. The minimum Gasteiger partial charge on any atom is -0.461 e. The number of fused-ring (bicyclic) bond motifs is 8. The summed E-state index contributed by atoms with van der Waals surface area (Å²) in [6, 6.07) is 11.5. The van der Waals surface area contributed by atoms with Crippen LogP contribution in [0.4, 0.5) is 0 Å². The number of carbonyl (C=O) groups excluding carboxylic acids is 2. The summed E-state index contributed by atoms with van der Waals surface area (Å²) in [5, 5.41) is 36.0. The maximum Gasteiger partial charge on any atom is 0.358 e. The van der Waals surface area contributed by atoms with E-state index in [0.29, 0.717) is 18.7 Å². The number of carbonyl (C=O) groups is 2. The molecule has 3 aromatic heterocycles. The second-order valence-electron chi connectivity index (χ2n) is 12.3. The number of esters is 1. The van der Waals surface area contributed by atoms with Crippen LogP contribution >= 0.6 is 0 Å². The van der Waals surface area contributed by atoms with Crippen molar-refractivity contribution < 1.29 is 24.5 Å². The van der Waals surface area contributed by atoms with Gasteiger partial charge >= 0.3 is 5.97 Å². The number of benzene rings is 2. The summed E-state index contributed by atoms with van der Waals surface area (Å²) in [6.45, 7) is 10.9. The van der Waals surface area contributed by atoms with Crippen LogP contribution in [0.1, 0.15) is 90.7 Å². The maximum absolute atomic E-state index is 12.4. The van der Waals surface area contributed by atoms with Crippen molar-refractivity contribution in [2.24, 2.45) is 0 Å². The summed E-state index contributed by atoms with van der Waals surface area (Å²) in [4.78, 5) is 28.6. The summed E-state index contributed by atoms with van der Waals surface area (Å²) in [5.74, 6) is 0.0893. The lowest BCUT2D eigenvalue weighted by atomic mass is 9.95. The molecule has 0 radical (unpaired) electrons. The molecule has 0 saturated heterocycles. The third-order valence-corrected chi connectivity index (χ3v) is 8.33. The SMILES string of the molecule is CC(C)c1nnn2c1-c1cc(CO)ccc1CC(=O)C2.CCOC(=O)c1ncn2c1Cn1nnc(C(C)C)c1-c1cc(CO)ccc1-2. The summed E-state index contributed by atoms with van der Waals surface area (Å²) in [6.07, 6.45) is 2.04. The summed E-state index contributed by atoms with van der Waals surface area (Å²) < 4.78 is 10.5. The van der Waals surface area contributed by atoms with Crippen molar-refractivity contribution in [3.63, 3.8) is 0 Å². The minimum atomic E-state index is -0.451. The molecule has 2 aromatic carbocycles. The van der Waals surface area contributed by atoms with E-state index in [0.717, 1.165) is 56.3 Å². The van der Waals surface area contributed by atoms with Gasteiger partial charge in [0.1, 0.15) is 12.9 Å². The smallest absolute Gasteiger partial charge is 0.358 e. The molecule has 0 fully saturated rings. The first-order valence-electron chi connectivity index (χ1n) is 15.7. The van der Waals surface area contributed by atoms with Gasteiger partial charge in [-0.25, -0.2) is 19.1 Å². The van der Waals surface area contributed by atoms with Gasteiger partial charge < -0.3 is 14.9 Å². The molecule has 5 aromatic rings. The number of aliphatic hydroxyl groups excluding tert-OH is 2. The number of ether oxygens (including phenoxy) is 1. The Balaban J connectivity index is 0.000000172. The fourth-order valence-electron chi connectivity index (χ4n) is 6.06. The van der Waals surface area contributed by atoms with Gasteiger partial charge in [-0.2, -0.15) is 0 Å². The molecule has 0 bridgehead atoms. The molecule has 0 spiro atoms. The standard InChI is InChI=1S/C19H21N5O3.C15H17N3O2/c1-4-27-19(26)17-15-8-24-18(16(11(2)3)21-22-24)13-7-12(9-25)5-6-14(13)23(15)10-20-17;1-9(2)14-15-13-5-10(8-19)3-4-11(13)6-12(20)7-18(15)17-16-14/h5-7,10-11,25H,4,8-9H2,1-3H3;3-5,9,19H,6-8H2,1-2H3. The van der Waals surface area contributed by atoms with Gasteiger partial charge in [0.15, 0.2) is 11.5 Å². The Hall–Kier alpha value is -5.01. The Kier molecular flexibility index (Phi) is 8.84. The molecule has 13 nitrogen and oxygen atoms in total. The maximum atomic E-state index is 12.4. The number of imidazole rings is 1. The predicted molar refractivity (Wildman–Crippen MR) is 172 cm³/mol. The molecule has 0 saturated carbocycles. The van der Waals surface area contributed by atoms with E-state index in [9.17, 15) is 19.8 Å². The summed E-state index contributed by atoms with van der Waals surface area (Å²) in [7, 11) is 0. The number of ketones is 1. The van der Waals surface area contributed by atoms with Gasteiger partial charge in [-0.05, 0) is 53.6 Å². The topological polar surface area (TPSA) is 163 Å². The normalized spacial score (nSPS) is 13.1. The fourth-order valence-corrected chi connectivity index (χ4v) is 6.06. The van der Waals surface area contributed by atoms with Crippen LogP contribution in [0.15, 0.2) is 42.7 Å². The van der Waals surface area contributed by atoms with Crippen LogP contribution in [0.3, 0.4) is 0 Å². The molecular weight excluding hydrogens is 600 g/mol. The molecule has 5 heterocycles. The van der Waals surface area contributed by atoms with Crippen molar-refractivity contribution in [1.82, 2.24) is 39.5 Å². The van der Waals surface area contributed by atoms with Crippen LogP contribution in [0, 0.1) is 0 Å².